The Labute approximate surface area is 179 Å². The van der Waals surface area contributed by atoms with E-state index >= 15 is 0 Å². The molecule has 0 amide bonds. The number of piperidine rings is 6. The predicted molar refractivity (Wildman–Crippen MR) is 115 cm³/mol. The fourth-order valence-electron chi connectivity index (χ4n) is 7.44. The van der Waals surface area contributed by atoms with Crippen LogP contribution in [0.3, 0.4) is 0 Å². The first-order valence-corrected chi connectivity index (χ1v) is 11.6. The summed E-state index contributed by atoms with van der Waals surface area (Å²) in [5.41, 5.74) is 5.25. The molecule has 6 heteroatoms. The van der Waals surface area contributed by atoms with Crippen molar-refractivity contribution in [3.05, 3.63) is 35.9 Å². The average Bonchev–Trinajstić information content (AvgIpc) is 2.82. The highest BCUT2D eigenvalue weighted by Crippen LogP contribution is 2.55. The molecule has 6 aliphatic rings. The van der Waals surface area contributed by atoms with E-state index in [1.165, 1.54) is 0 Å². The molecule has 1 unspecified atom stereocenters. The molecule has 164 valence electrons. The molecule has 6 aliphatic heterocycles. The third-order valence-electron chi connectivity index (χ3n) is 8.93. The van der Waals surface area contributed by atoms with Gasteiger partial charge in [0, 0.05) is 32.0 Å². The second-order valence-electron chi connectivity index (χ2n) is 9.97. The topological polar surface area (TPSA) is 79.0 Å². The molecule has 0 saturated carbocycles. The van der Waals surface area contributed by atoms with Crippen LogP contribution >= 0.6 is 0 Å². The Bertz CT molecular complexity index is 741. The molecule has 6 nitrogen and oxygen atoms in total. The maximum atomic E-state index is 13.1. The van der Waals surface area contributed by atoms with Gasteiger partial charge in [0.2, 0.25) is 0 Å². The summed E-state index contributed by atoms with van der Waals surface area (Å²) in [4.78, 5) is 18.1. The smallest absolute Gasteiger partial charge is 0.331 e. The molecule has 1 aromatic rings. The predicted octanol–water partition coefficient (Wildman–Crippen LogP) is 1.99. The zero-order valence-corrected chi connectivity index (χ0v) is 18.0. The second-order valence-corrected chi connectivity index (χ2v) is 9.97. The number of rotatable bonds is 6. The third-order valence-corrected chi connectivity index (χ3v) is 8.93. The largest absolute Gasteiger partial charge is 0.480 e. The van der Waals surface area contributed by atoms with E-state index in [-0.39, 0.29) is 11.8 Å². The zero-order chi connectivity index (χ0) is 20.9. The van der Waals surface area contributed by atoms with E-state index in [0.29, 0.717) is 17.4 Å². The third kappa shape index (κ3) is 2.80. The van der Waals surface area contributed by atoms with Crippen molar-refractivity contribution in [2.45, 2.75) is 36.8 Å². The van der Waals surface area contributed by atoms with Crippen LogP contribution in [0, 0.1) is 23.7 Å². The number of hydrogen-bond donors (Lipinski definition) is 2. The summed E-state index contributed by atoms with van der Waals surface area (Å²) in [7, 11) is 1.72. The Hall–Kier alpha value is -1.47. The molecular formula is C24H35N3O3. The van der Waals surface area contributed by atoms with Gasteiger partial charge in [-0.25, -0.2) is 4.79 Å². The minimum atomic E-state index is -1.59. The van der Waals surface area contributed by atoms with Crippen molar-refractivity contribution in [1.82, 2.24) is 9.80 Å². The van der Waals surface area contributed by atoms with Crippen LogP contribution in [-0.4, -0.2) is 72.9 Å². The molecule has 6 fully saturated rings. The van der Waals surface area contributed by atoms with Crippen molar-refractivity contribution in [3.8, 4) is 0 Å². The van der Waals surface area contributed by atoms with E-state index in [2.05, 4.69) is 9.80 Å². The Kier molecular flexibility index (Phi) is 5.17. The van der Waals surface area contributed by atoms with Crippen LogP contribution in [0.2, 0.25) is 0 Å². The quantitative estimate of drug-likeness (QED) is 0.743. The Balaban J connectivity index is 1.70. The Morgan fingerprint density at radius 3 is 1.77 bits per heavy atom. The number of carboxylic acids is 1. The molecule has 0 aliphatic carbocycles. The maximum absolute atomic E-state index is 13.1. The van der Waals surface area contributed by atoms with Gasteiger partial charge in [0.15, 0.2) is 5.54 Å². The van der Waals surface area contributed by atoms with Crippen LogP contribution in [-0.2, 0) is 15.1 Å². The number of benzene rings is 1. The van der Waals surface area contributed by atoms with Crippen molar-refractivity contribution >= 4 is 5.97 Å². The van der Waals surface area contributed by atoms with E-state index in [1.807, 2.05) is 30.3 Å². The number of ether oxygens (including phenoxy) is 1. The zero-order valence-electron chi connectivity index (χ0n) is 18.0. The van der Waals surface area contributed by atoms with Crippen LogP contribution in [0.4, 0.5) is 0 Å². The van der Waals surface area contributed by atoms with Gasteiger partial charge in [0.25, 0.3) is 0 Å². The monoisotopic (exact) mass is 413 g/mol. The number of methoxy groups -OCH3 is 1. The first kappa shape index (κ1) is 20.4. The number of aliphatic carboxylic acids is 1. The van der Waals surface area contributed by atoms with Crippen molar-refractivity contribution in [3.63, 3.8) is 0 Å². The number of nitrogens with two attached hydrogens (primary N) is 1. The van der Waals surface area contributed by atoms with Crippen molar-refractivity contribution in [1.29, 1.82) is 0 Å². The summed E-state index contributed by atoms with van der Waals surface area (Å²) in [5, 5.41) is 10.7. The SMILES string of the molecule is COC([C@H]1CN2CCC1CC2)([C@H]1CN2CCC1CC2)C(N)(C(=O)O)c1ccccc1. The molecule has 0 aromatic heterocycles. The van der Waals surface area contributed by atoms with Gasteiger partial charge in [-0.2, -0.15) is 0 Å². The van der Waals surface area contributed by atoms with E-state index in [1.54, 1.807) is 7.11 Å². The summed E-state index contributed by atoms with van der Waals surface area (Å²) in [6.45, 7) is 6.21. The first-order chi connectivity index (χ1) is 14.5. The van der Waals surface area contributed by atoms with Gasteiger partial charge in [-0.1, -0.05) is 30.3 Å². The molecule has 0 spiro atoms. The van der Waals surface area contributed by atoms with E-state index in [0.717, 1.165) is 65.0 Å². The molecule has 4 bridgehead atoms. The number of carbonyl (C=O) groups is 1. The number of hydrogen-bond acceptors (Lipinski definition) is 5. The fourth-order valence-corrected chi connectivity index (χ4v) is 7.44. The van der Waals surface area contributed by atoms with Crippen molar-refractivity contribution in [2.75, 3.05) is 46.4 Å². The van der Waals surface area contributed by atoms with Crippen molar-refractivity contribution in [2.24, 2.45) is 29.4 Å². The molecule has 1 aromatic carbocycles. The van der Waals surface area contributed by atoms with Crippen LogP contribution in [0.5, 0.6) is 0 Å². The van der Waals surface area contributed by atoms with Crippen LogP contribution < -0.4 is 5.73 Å². The summed E-state index contributed by atoms with van der Waals surface area (Å²) in [6, 6.07) is 9.47. The minimum absolute atomic E-state index is 0.122. The lowest BCUT2D eigenvalue weighted by Crippen LogP contribution is -2.76. The van der Waals surface area contributed by atoms with E-state index in [4.69, 9.17) is 10.5 Å². The van der Waals surface area contributed by atoms with E-state index < -0.39 is 17.1 Å². The molecule has 6 heterocycles. The highest BCUT2D eigenvalue weighted by Gasteiger charge is 2.67. The highest BCUT2D eigenvalue weighted by molar-refractivity contribution is 5.83. The molecule has 0 radical (unpaired) electrons. The van der Waals surface area contributed by atoms with E-state index in [9.17, 15) is 9.90 Å². The summed E-state index contributed by atoms with van der Waals surface area (Å²) >= 11 is 0. The van der Waals surface area contributed by atoms with Crippen molar-refractivity contribution < 1.29 is 14.6 Å². The van der Waals surface area contributed by atoms with Crippen LogP contribution in [0.15, 0.2) is 30.3 Å². The fraction of sp³-hybridized carbons (Fsp3) is 0.708. The normalized spacial score (nSPS) is 39.3. The second kappa shape index (κ2) is 7.59. The number of carboxylic acid groups (broad SMARTS) is 1. The minimum Gasteiger partial charge on any atom is -0.480 e. The van der Waals surface area contributed by atoms with Gasteiger partial charge in [0.1, 0.15) is 5.60 Å². The molecule has 7 rings (SSSR count). The van der Waals surface area contributed by atoms with Crippen LogP contribution in [0.25, 0.3) is 0 Å². The number of nitrogens with zero attached hydrogens (tertiary/aromatic N) is 2. The maximum Gasteiger partial charge on any atom is 0.331 e. The van der Waals surface area contributed by atoms with Gasteiger partial charge in [-0.3, -0.25) is 0 Å². The Morgan fingerprint density at radius 1 is 0.967 bits per heavy atom. The lowest BCUT2D eigenvalue weighted by atomic mass is 9.52. The summed E-state index contributed by atoms with van der Waals surface area (Å²) < 4.78 is 6.54. The lowest BCUT2D eigenvalue weighted by molar-refractivity contribution is -0.226. The molecule has 30 heavy (non-hydrogen) atoms. The standard InChI is InChI=1S/C24H35N3O3/c1-30-24(20-15-26-11-7-17(20)8-12-26,21-16-27-13-9-18(21)10-14-27)23(25,22(28)29)19-5-3-2-4-6-19/h2-6,17-18,20-21H,7-16,25H2,1H3,(H,28,29)/t20-,21-,23?/m0/s1. The highest BCUT2D eigenvalue weighted by atomic mass is 16.5. The number of fused-ring (bicyclic) bond motifs is 6. The molecule has 6 saturated heterocycles. The van der Waals surface area contributed by atoms with Gasteiger partial charge in [0.05, 0.1) is 0 Å². The molecule has 3 atom stereocenters. The van der Waals surface area contributed by atoms with Gasteiger partial charge >= 0.3 is 5.97 Å². The van der Waals surface area contributed by atoms with Gasteiger partial charge in [-0.15, -0.1) is 0 Å². The van der Waals surface area contributed by atoms with Crippen LogP contribution in [0.1, 0.15) is 31.2 Å². The summed E-state index contributed by atoms with van der Waals surface area (Å²) in [6.07, 6.45) is 4.45. The first-order valence-electron chi connectivity index (χ1n) is 11.6. The lowest BCUT2D eigenvalue weighted by Gasteiger charge is -2.63. The summed E-state index contributed by atoms with van der Waals surface area (Å²) in [5.74, 6) is 0.213. The van der Waals surface area contributed by atoms with Gasteiger partial charge < -0.3 is 25.4 Å². The average molecular weight is 414 g/mol. The molecular weight excluding hydrogens is 378 g/mol. The molecule has 3 N–H and O–H groups in total. The Morgan fingerprint density at radius 2 is 1.43 bits per heavy atom. The van der Waals surface area contributed by atoms with Gasteiger partial charge in [-0.05, 0) is 69.3 Å².